The van der Waals surface area contributed by atoms with Crippen LogP contribution in [-0.4, -0.2) is 95.3 Å². The summed E-state index contributed by atoms with van der Waals surface area (Å²) >= 11 is 6.51. The number of nitrogens with one attached hydrogen (secondary N) is 1. The molecule has 0 spiro atoms. The molecule has 244 valence electrons. The van der Waals surface area contributed by atoms with E-state index in [-0.39, 0.29) is 64.5 Å². The summed E-state index contributed by atoms with van der Waals surface area (Å²) < 4.78 is 27.1. The van der Waals surface area contributed by atoms with Crippen LogP contribution in [0.2, 0.25) is 5.02 Å². The highest BCUT2D eigenvalue weighted by Gasteiger charge is 2.42. The average Bonchev–Trinajstić information content (AvgIpc) is 3.45. The summed E-state index contributed by atoms with van der Waals surface area (Å²) in [7, 11) is 1.69. The minimum Gasteiger partial charge on any atom is -0.481 e. The standard InChI is InChI=1S/C34H38ClFN4O6/c1-45-26-17-39(18-26)23-14-24(19-46-25-8-6-21(7-9-25)34(43)44)40(16-23)31(41)13-22-12-28(35)30(15-29(22)36)38-33(42)32-27-5-3-2-4-20(27)10-11-37-32/h2-5,10-12,15,21,23-26H,6-9,13-14,16-19H2,1H3,(H,38,42)(H,43,44)/t21?,23-,24?,25?/m0/s1. The van der Waals surface area contributed by atoms with Gasteiger partial charge in [-0.05, 0) is 61.3 Å². The Bertz CT molecular complexity index is 1600. The number of carboxylic acids is 1. The first-order valence-corrected chi connectivity index (χ1v) is 16.1. The van der Waals surface area contributed by atoms with Gasteiger partial charge >= 0.3 is 5.97 Å². The van der Waals surface area contributed by atoms with E-state index in [1.54, 1.807) is 24.1 Å². The Labute approximate surface area is 271 Å². The Morgan fingerprint density at radius 3 is 2.57 bits per heavy atom. The summed E-state index contributed by atoms with van der Waals surface area (Å²) in [5, 5.41) is 13.6. The van der Waals surface area contributed by atoms with E-state index in [2.05, 4.69) is 15.2 Å². The monoisotopic (exact) mass is 652 g/mol. The molecular formula is C34H38ClFN4O6. The largest absolute Gasteiger partial charge is 0.481 e. The summed E-state index contributed by atoms with van der Waals surface area (Å²) in [4.78, 5) is 46.4. The van der Waals surface area contributed by atoms with Crippen molar-refractivity contribution in [2.75, 3.05) is 38.7 Å². The third-order valence-corrected chi connectivity index (χ3v) is 9.91. The van der Waals surface area contributed by atoms with Crippen molar-refractivity contribution in [1.29, 1.82) is 0 Å². The Balaban J connectivity index is 1.12. The number of anilines is 1. The number of aromatic nitrogens is 1. The number of hydrogen-bond donors (Lipinski definition) is 2. The van der Waals surface area contributed by atoms with Crippen LogP contribution >= 0.6 is 11.6 Å². The Kier molecular flexibility index (Phi) is 9.84. The summed E-state index contributed by atoms with van der Waals surface area (Å²) in [6, 6.07) is 11.6. The van der Waals surface area contributed by atoms with Crippen molar-refractivity contribution in [2.45, 2.75) is 62.8 Å². The average molecular weight is 653 g/mol. The molecule has 12 heteroatoms. The fourth-order valence-electron chi connectivity index (χ4n) is 6.83. The molecule has 10 nitrogen and oxygen atoms in total. The van der Waals surface area contributed by atoms with Gasteiger partial charge in [0.2, 0.25) is 5.91 Å². The molecule has 2 aromatic carbocycles. The first kappa shape index (κ1) is 32.3. The van der Waals surface area contributed by atoms with E-state index in [4.69, 9.17) is 21.1 Å². The van der Waals surface area contributed by atoms with Gasteiger partial charge in [0, 0.05) is 44.4 Å². The number of rotatable bonds is 10. The first-order valence-electron chi connectivity index (χ1n) is 15.7. The predicted octanol–water partition coefficient (Wildman–Crippen LogP) is 4.78. The quantitative estimate of drug-likeness (QED) is 0.321. The normalized spacial score (nSPS) is 23.8. The van der Waals surface area contributed by atoms with E-state index in [1.807, 2.05) is 18.2 Å². The summed E-state index contributed by atoms with van der Waals surface area (Å²) in [5.74, 6) is -2.50. The molecule has 0 radical (unpaired) electrons. The molecular weight excluding hydrogens is 615 g/mol. The number of halogens is 2. The van der Waals surface area contributed by atoms with Crippen LogP contribution in [-0.2, 0) is 25.5 Å². The van der Waals surface area contributed by atoms with E-state index < -0.39 is 17.7 Å². The van der Waals surface area contributed by atoms with E-state index in [1.165, 1.54) is 12.3 Å². The number of carbonyl (C=O) groups is 3. The number of ether oxygens (including phenoxy) is 2. The third kappa shape index (κ3) is 7.02. The topological polar surface area (TPSA) is 121 Å². The van der Waals surface area contributed by atoms with Gasteiger partial charge in [-0.3, -0.25) is 24.3 Å². The van der Waals surface area contributed by atoms with Crippen molar-refractivity contribution in [3.8, 4) is 0 Å². The second kappa shape index (κ2) is 14.0. The van der Waals surface area contributed by atoms with Gasteiger partial charge in [0.25, 0.3) is 5.91 Å². The molecule has 6 rings (SSSR count). The fourth-order valence-corrected chi connectivity index (χ4v) is 7.06. The van der Waals surface area contributed by atoms with Gasteiger partial charge in [0.1, 0.15) is 11.5 Å². The zero-order valence-corrected chi connectivity index (χ0v) is 26.4. The number of fused-ring (bicyclic) bond motifs is 1. The number of methoxy groups -OCH3 is 1. The zero-order valence-electron chi connectivity index (χ0n) is 25.7. The lowest BCUT2D eigenvalue weighted by molar-refractivity contribution is -0.144. The van der Waals surface area contributed by atoms with Crippen LogP contribution in [0, 0.1) is 11.7 Å². The molecule has 3 aromatic rings. The minimum atomic E-state index is -0.762. The predicted molar refractivity (Wildman–Crippen MR) is 170 cm³/mol. The van der Waals surface area contributed by atoms with Crippen LogP contribution in [0.15, 0.2) is 48.7 Å². The number of pyridine rings is 1. The molecule has 1 aromatic heterocycles. The first-order chi connectivity index (χ1) is 22.2. The lowest BCUT2D eigenvalue weighted by Crippen LogP contribution is -2.56. The highest BCUT2D eigenvalue weighted by atomic mass is 35.5. The van der Waals surface area contributed by atoms with Crippen molar-refractivity contribution in [1.82, 2.24) is 14.8 Å². The zero-order chi connectivity index (χ0) is 32.4. The van der Waals surface area contributed by atoms with Gasteiger partial charge in [0.15, 0.2) is 0 Å². The highest BCUT2D eigenvalue weighted by molar-refractivity contribution is 6.34. The Hall–Kier alpha value is -3.64. The van der Waals surface area contributed by atoms with Crippen molar-refractivity contribution < 1.29 is 33.4 Å². The maximum Gasteiger partial charge on any atom is 0.306 e. The summed E-state index contributed by atoms with van der Waals surface area (Å²) in [6.45, 7) is 2.42. The third-order valence-electron chi connectivity index (χ3n) is 9.60. The number of aliphatic carboxylic acids is 1. The van der Waals surface area contributed by atoms with Crippen molar-refractivity contribution >= 4 is 45.8 Å². The Morgan fingerprint density at radius 1 is 1.07 bits per heavy atom. The van der Waals surface area contributed by atoms with E-state index in [0.717, 1.165) is 31.0 Å². The second-order valence-corrected chi connectivity index (χ2v) is 12.9. The van der Waals surface area contributed by atoms with Crippen LogP contribution in [0.4, 0.5) is 10.1 Å². The molecule has 46 heavy (non-hydrogen) atoms. The van der Waals surface area contributed by atoms with Crippen molar-refractivity contribution in [2.24, 2.45) is 5.92 Å². The van der Waals surface area contributed by atoms with Crippen molar-refractivity contribution in [3.05, 3.63) is 70.8 Å². The maximum absolute atomic E-state index is 15.4. The van der Waals surface area contributed by atoms with Crippen LogP contribution in [0.25, 0.3) is 10.8 Å². The van der Waals surface area contributed by atoms with Crippen LogP contribution in [0.5, 0.6) is 0 Å². The number of carbonyl (C=O) groups excluding carboxylic acids is 2. The second-order valence-electron chi connectivity index (χ2n) is 12.5. The SMILES string of the molecule is COC1CN([C@H]2CC(COC3CCC(C(=O)O)CC3)N(C(=O)Cc3cc(Cl)c(NC(=O)c4nccc5ccccc45)cc3F)C2)C1. The summed E-state index contributed by atoms with van der Waals surface area (Å²) in [6.07, 6.45) is 4.71. The number of likely N-dealkylation sites (tertiary alicyclic amines) is 2. The van der Waals surface area contributed by atoms with Crippen molar-refractivity contribution in [3.63, 3.8) is 0 Å². The molecule has 1 saturated carbocycles. The number of benzene rings is 2. The molecule has 3 fully saturated rings. The fraction of sp³-hybridized carbons (Fsp3) is 0.471. The lowest BCUT2D eigenvalue weighted by Gasteiger charge is -2.42. The molecule has 3 aliphatic rings. The van der Waals surface area contributed by atoms with E-state index >= 15 is 4.39 Å². The van der Waals surface area contributed by atoms with Crippen LogP contribution in [0.1, 0.15) is 48.2 Å². The van der Waals surface area contributed by atoms with E-state index in [9.17, 15) is 19.5 Å². The van der Waals surface area contributed by atoms with Gasteiger partial charge in [0.05, 0.1) is 47.9 Å². The van der Waals surface area contributed by atoms with Gasteiger partial charge in [-0.1, -0.05) is 35.9 Å². The number of nitrogens with zero attached hydrogens (tertiary/aromatic N) is 3. The maximum atomic E-state index is 15.4. The van der Waals surface area contributed by atoms with Crippen LogP contribution in [0.3, 0.4) is 0 Å². The summed E-state index contributed by atoms with van der Waals surface area (Å²) in [5.41, 5.74) is 0.417. The molecule has 1 unspecified atom stereocenters. The molecule has 3 heterocycles. The number of hydrogen-bond acceptors (Lipinski definition) is 7. The molecule has 2 N–H and O–H groups in total. The van der Waals surface area contributed by atoms with Gasteiger partial charge in [-0.2, -0.15) is 0 Å². The molecule has 0 bridgehead atoms. The number of amides is 2. The smallest absolute Gasteiger partial charge is 0.306 e. The lowest BCUT2D eigenvalue weighted by atomic mass is 9.87. The minimum absolute atomic E-state index is 0.0448. The van der Waals surface area contributed by atoms with E-state index in [0.29, 0.717) is 44.2 Å². The molecule has 2 atom stereocenters. The van der Waals surface area contributed by atoms with Gasteiger partial charge in [-0.15, -0.1) is 0 Å². The molecule has 2 aliphatic heterocycles. The molecule has 2 saturated heterocycles. The molecule has 2 amide bonds. The highest BCUT2D eigenvalue weighted by Crippen LogP contribution is 2.32. The van der Waals surface area contributed by atoms with Gasteiger partial charge < -0.3 is 24.8 Å². The van der Waals surface area contributed by atoms with Crippen LogP contribution < -0.4 is 5.32 Å². The Morgan fingerprint density at radius 2 is 1.83 bits per heavy atom. The molecule has 1 aliphatic carbocycles. The van der Waals surface area contributed by atoms with Gasteiger partial charge in [-0.25, -0.2) is 4.39 Å². The number of carboxylic acid groups (broad SMARTS) is 1.